The van der Waals surface area contributed by atoms with Crippen molar-refractivity contribution in [3.05, 3.63) is 29.8 Å². The number of para-hydroxylation sites is 1. The van der Waals surface area contributed by atoms with Crippen LogP contribution in [0, 0.1) is 11.3 Å². The molecule has 0 saturated carbocycles. The van der Waals surface area contributed by atoms with Gasteiger partial charge in [0.15, 0.2) is 0 Å². The summed E-state index contributed by atoms with van der Waals surface area (Å²) in [6.45, 7) is -0.0883. The van der Waals surface area contributed by atoms with Crippen LogP contribution in [0.2, 0.25) is 0 Å². The fourth-order valence-corrected chi connectivity index (χ4v) is 1.15. The molecule has 0 aliphatic carbocycles. The number of hydrogen-bond donors (Lipinski definition) is 0. The van der Waals surface area contributed by atoms with Gasteiger partial charge in [-0.3, -0.25) is 0 Å². The molecule has 68 valence electrons. The van der Waals surface area contributed by atoms with Crippen LogP contribution in [0.25, 0.3) is 0 Å². The summed E-state index contributed by atoms with van der Waals surface area (Å²) in [7, 11) is 1.77. The van der Waals surface area contributed by atoms with E-state index in [1.165, 1.54) is 0 Å². The number of anilines is 1. The topological polar surface area (TPSA) is 27.0 Å². The Kier molecular flexibility index (Phi) is 3.27. The minimum atomic E-state index is -0.406. The van der Waals surface area contributed by atoms with Gasteiger partial charge < -0.3 is 4.90 Å². The molecule has 0 saturated heterocycles. The van der Waals surface area contributed by atoms with Crippen LogP contribution in [-0.2, 0) is 0 Å². The van der Waals surface area contributed by atoms with Crippen LogP contribution in [0.4, 0.5) is 10.1 Å². The zero-order valence-electron chi connectivity index (χ0n) is 7.50. The Bertz CT molecular complexity index is 317. The van der Waals surface area contributed by atoms with E-state index in [1.54, 1.807) is 24.1 Å². The SMILES string of the molecule is CN(CCF)c1ccccc1C#N. The third kappa shape index (κ3) is 2.19. The molecule has 0 aromatic heterocycles. The highest BCUT2D eigenvalue weighted by Crippen LogP contribution is 2.17. The van der Waals surface area contributed by atoms with E-state index in [1.807, 2.05) is 12.1 Å². The van der Waals surface area contributed by atoms with E-state index in [4.69, 9.17) is 5.26 Å². The van der Waals surface area contributed by atoms with E-state index < -0.39 is 6.67 Å². The third-order valence-corrected chi connectivity index (χ3v) is 1.86. The van der Waals surface area contributed by atoms with Crippen LogP contribution in [0.15, 0.2) is 24.3 Å². The minimum absolute atomic E-state index is 0.318. The van der Waals surface area contributed by atoms with Gasteiger partial charge in [0, 0.05) is 13.6 Å². The van der Waals surface area contributed by atoms with Gasteiger partial charge >= 0.3 is 0 Å². The highest BCUT2D eigenvalue weighted by atomic mass is 19.1. The van der Waals surface area contributed by atoms with Gasteiger partial charge in [0.1, 0.15) is 12.7 Å². The maximum Gasteiger partial charge on any atom is 0.107 e. The molecule has 0 aliphatic heterocycles. The number of halogens is 1. The molecule has 0 amide bonds. The molecule has 0 N–H and O–H groups in total. The van der Waals surface area contributed by atoms with E-state index in [2.05, 4.69) is 6.07 Å². The maximum absolute atomic E-state index is 12.0. The normalized spacial score (nSPS) is 9.31. The highest BCUT2D eigenvalue weighted by Gasteiger charge is 2.04. The van der Waals surface area contributed by atoms with Crippen LogP contribution in [0.1, 0.15) is 5.56 Å². The Labute approximate surface area is 77.2 Å². The average molecular weight is 178 g/mol. The summed E-state index contributed by atoms with van der Waals surface area (Å²) >= 11 is 0. The van der Waals surface area contributed by atoms with E-state index in [0.29, 0.717) is 12.1 Å². The largest absolute Gasteiger partial charge is 0.371 e. The predicted molar refractivity (Wildman–Crippen MR) is 50.4 cm³/mol. The smallest absolute Gasteiger partial charge is 0.107 e. The second-order valence-electron chi connectivity index (χ2n) is 2.74. The van der Waals surface area contributed by atoms with Gasteiger partial charge in [-0.15, -0.1) is 0 Å². The number of nitriles is 1. The Morgan fingerprint density at radius 1 is 1.46 bits per heavy atom. The van der Waals surface area contributed by atoms with E-state index >= 15 is 0 Å². The molecule has 3 heteroatoms. The Morgan fingerprint density at radius 2 is 2.15 bits per heavy atom. The monoisotopic (exact) mass is 178 g/mol. The molecule has 0 spiro atoms. The van der Waals surface area contributed by atoms with Crippen molar-refractivity contribution < 1.29 is 4.39 Å². The predicted octanol–water partition coefficient (Wildman–Crippen LogP) is 1.96. The van der Waals surface area contributed by atoms with E-state index in [0.717, 1.165) is 5.69 Å². The molecule has 0 aliphatic rings. The number of alkyl halides is 1. The highest BCUT2D eigenvalue weighted by molar-refractivity contribution is 5.58. The minimum Gasteiger partial charge on any atom is -0.371 e. The van der Waals surface area contributed by atoms with Crippen molar-refractivity contribution in [3.8, 4) is 6.07 Å². The first-order valence-corrected chi connectivity index (χ1v) is 4.06. The fourth-order valence-electron chi connectivity index (χ4n) is 1.15. The van der Waals surface area contributed by atoms with Gasteiger partial charge in [0.05, 0.1) is 11.3 Å². The van der Waals surface area contributed by atoms with Crippen molar-refractivity contribution in [2.45, 2.75) is 0 Å². The van der Waals surface area contributed by atoms with Gasteiger partial charge in [0.2, 0.25) is 0 Å². The summed E-state index contributed by atoms with van der Waals surface area (Å²) in [4.78, 5) is 1.73. The van der Waals surface area contributed by atoms with Crippen LogP contribution >= 0.6 is 0 Å². The molecule has 0 fully saturated rings. The lowest BCUT2D eigenvalue weighted by molar-refractivity contribution is 0.497. The summed E-state index contributed by atoms with van der Waals surface area (Å²) < 4.78 is 12.0. The van der Waals surface area contributed by atoms with Crippen molar-refractivity contribution in [3.63, 3.8) is 0 Å². The molecular weight excluding hydrogens is 167 g/mol. The second-order valence-corrected chi connectivity index (χ2v) is 2.74. The molecule has 1 aromatic carbocycles. The number of nitrogens with zero attached hydrogens (tertiary/aromatic N) is 2. The summed E-state index contributed by atoms with van der Waals surface area (Å²) in [6.07, 6.45) is 0. The summed E-state index contributed by atoms with van der Waals surface area (Å²) in [5.74, 6) is 0. The fraction of sp³-hybridized carbons (Fsp3) is 0.300. The van der Waals surface area contributed by atoms with Crippen LogP contribution in [0.5, 0.6) is 0 Å². The molecule has 1 rings (SSSR count). The molecule has 0 heterocycles. The van der Waals surface area contributed by atoms with Gasteiger partial charge in [-0.25, -0.2) is 4.39 Å². The zero-order chi connectivity index (χ0) is 9.68. The molecule has 0 bridgehead atoms. The zero-order valence-corrected chi connectivity index (χ0v) is 7.50. The lowest BCUT2D eigenvalue weighted by Crippen LogP contribution is -2.20. The van der Waals surface area contributed by atoms with Crippen molar-refractivity contribution in [2.24, 2.45) is 0 Å². The Hall–Kier alpha value is -1.56. The number of hydrogen-bond acceptors (Lipinski definition) is 2. The quantitative estimate of drug-likeness (QED) is 0.707. The van der Waals surface area contributed by atoms with Gasteiger partial charge in [-0.1, -0.05) is 12.1 Å². The van der Waals surface area contributed by atoms with Gasteiger partial charge in [-0.2, -0.15) is 5.26 Å². The average Bonchev–Trinajstić information content (AvgIpc) is 2.18. The van der Waals surface area contributed by atoms with E-state index in [9.17, 15) is 4.39 Å². The van der Waals surface area contributed by atoms with Crippen LogP contribution in [-0.4, -0.2) is 20.3 Å². The lowest BCUT2D eigenvalue weighted by Gasteiger charge is -2.18. The molecule has 2 nitrogen and oxygen atoms in total. The molecule has 0 atom stereocenters. The number of benzene rings is 1. The van der Waals surface area contributed by atoms with Crippen LogP contribution in [0.3, 0.4) is 0 Å². The van der Waals surface area contributed by atoms with Gasteiger partial charge in [-0.05, 0) is 12.1 Å². The Balaban J connectivity index is 2.93. The van der Waals surface area contributed by atoms with Crippen molar-refractivity contribution >= 4 is 5.69 Å². The van der Waals surface area contributed by atoms with Crippen molar-refractivity contribution in [2.75, 3.05) is 25.2 Å². The first kappa shape index (κ1) is 9.53. The number of rotatable bonds is 3. The molecule has 0 radical (unpaired) electrons. The van der Waals surface area contributed by atoms with Gasteiger partial charge in [0.25, 0.3) is 0 Å². The van der Waals surface area contributed by atoms with Crippen molar-refractivity contribution in [1.82, 2.24) is 0 Å². The summed E-state index contributed by atoms with van der Waals surface area (Å²) in [6, 6.07) is 9.25. The molecule has 1 aromatic rings. The lowest BCUT2D eigenvalue weighted by atomic mass is 10.2. The van der Waals surface area contributed by atoms with Crippen LogP contribution < -0.4 is 4.90 Å². The summed E-state index contributed by atoms with van der Waals surface area (Å²) in [5, 5.41) is 8.77. The Morgan fingerprint density at radius 3 is 2.77 bits per heavy atom. The molecular formula is C10H11FN2. The molecule has 0 unspecified atom stereocenters. The summed E-state index contributed by atoms with van der Waals surface area (Å²) in [5.41, 5.74) is 1.36. The first-order chi connectivity index (χ1) is 6.29. The van der Waals surface area contributed by atoms with E-state index in [-0.39, 0.29) is 0 Å². The standard InChI is InChI=1S/C10H11FN2/c1-13(7-6-11)10-5-3-2-4-9(10)8-12/h2-5H,6-7H2,1H3. The molecule has 13 heavy (non-hydrogen) atoms. The maximum atomic E-state index is 12.0. The second kappa shape index (κ2) is 4.46. The van der Waals surface area contributed by atoms with Crippen molar-refractivity contribution in [1.29, 1.82) is 5.26 Å². The third-order valence-electron chi connectivity index (χ3n) is 1.86. The first-order valence-electron chi connectivity index (χ1n) is 4.06.